The molecule has 0 radical (unpaired) electrons. The van der Waals surface area contributed by atoms with Gasteiger partial charge in [-0.3, -0.25) is 4.79 Å². The van der Waals surface area contributed by atoms with Crippen molar-refractivity contribution in [1.29, 1.82) is 0 Å². The standard InChI is InChI=1S/C14H20N2O2/c1-14(2,18)7-8-16-12-5-4-11(15)9-10(12)3-6-13(16)17/h4-5,9,18H,3,6-8,15H2,1-2H3. The fraction of sp³-hybridized carbons (Fsp3) is 0.500. The predicted molar refractivity (Wildman–Crippen MR) is 72.4 cm³/mol. The highest BCUT2D eigenvalue weighted by atomic mass is 16.3. The Labute approximate surface area is 107 Å². The van der Waals surface area contributed by atoms with E-state index in [0.29, 0.717) is 19.4 Å². The van der Waals surface area contributed by atoms with E-state index in [2.05, 4.69) is 0 Å². The highest BCUT2D eigenvalue weighted by molar-refractivity contribution is 5.96. The first-order valence-electron chi connectivity index (χ1n) is 6.28. The smallest absolute Gasteiger partial charge is 0.227 e. The summed E-state index contributed by atoms with van der Waals surface area (Å²) >= 11 is 0. The molecule has 1 aromatic carbocycles. The summed E-state index contributed by atoms with van der Waals surface area (Å²) in [6.07, 6.45) is 1.82. The molecule has 1 heterocycles. The number of amides is 1. The molecule has 0 aliphatic carbocycles. The molecule has 1 aliphatic heterocycles. The van der Waals surface area contributed by atoms with Gasteiger partial charge in [-0.1, -0.05) is 0 Å². The number of aliphatic hydroxyl groups is 1. The molecule has 0 bridgehead atoms. The number of aryl methyl sites for hydroxylation is 1. The molecule has 98 valence electrons. The third-order valence-corrected chi connectivity index (χ3v) is 3.25. The van der Waals surface area contributed by atoms with Gasteiger partial charge in [-0.05, 0) is 50.5 Å². The molecule has 0 unspecified atom stereocenters. The summed E-state index contributed by atoms with van der Waals surface area (Å²) in [5, 5.41) is 9.77. The number of benzene rings is 1. The van der Waals surface area contributed by atoms with Crippen LogP contribution in [0.4, 0.5) is 11.4 Å². The van der Waals surface area contributed by atoms with E-state index < -0.39 is 5.60 Å². The molecular formula is C14H20N2O2. The van der Waals surface area contributed by atoms with Crippen LogP contribution in [0.5, 0.6) is 0 Å². The maximum atomic E-state index is 12.0. The summed E-state index contributed by atoms with van der Waals surface area (Å²) in [7, 11) is 0. The Morgan fingerprint density at radius 3 is 2.78 bits per heavy atom. The van der Waals surface area contributed by atoms with Gasteiger partial charge in [0.25, 0.3) is 0 Å². The second kappa shape index (κ2) is 4.61. The highest BCUT2D eigenvalue weighted by Crippen LogP contribution is 2.30. The van der Waals surface area contributed by atoms with Crippen LogP contribution in [0.3, 0.4) is 0 Å². The van der Waals surface area contributed by atoms with Crippen LogP contribution in [-0.4, -0.2) is 23.2 Å². The van der Waals surface area contributed by atoms with Gasteiger partial charge in [-0.15, -0.1) is 0 Å². The first-order chi connectivity index (χ1) is 8.37. The lowest BCUT2D eigenvalue weighted by Gasteiger charge is -2.31. The normalized spacial score (nSPS) is 15.7. The molecule has 0 atom stereocenters. The SMILES string of the molecule is CC(C)(O)CCN1C(=O)CCc2cc(N)ccc21. The molecule has 4 nitrogen and oxygen atoms in total. The average molecular weight is 248 g/mol. The van der Waals surface area contributed by atoms with Crippen LogP contribution in [0.2, 0.25) is 0 Å². The maximum absolute atomic E-state index is 12.0. The van der Waals surface area contributed by atoms with Gasteiger partial charge < -0.3 is 15.7 Å². The topological polar surface area (TPSA) is 66.6 Å². The third kappa shape index (κ3) is 2.82. The zero-order valence-corrected chi connectivity index (χ0v) is 10.9. The van der Waals surface area contributed by atoms with E-state index in [1.807, 2.05) is 18.2 Å². The van der Waals surface area contributed by atoms with Crippen LogP contribution in [-0.2, 0) is 11.2 Å². The first kappa shape index (κ1) is 12.9. The molecule has 4 heteroatoms. The molecule has 3 N–H and O–H groups in total. The number of hydrogen-bond donors (Lipinski definition) is 2. The van der Waals surface area contributed by atoms with Crippen LogP contribution < -0.4 is 10.6 Å². The zero-order chi connectivity index (χ0) is 13.3. The van der Waals surface area contributed by atoms with E-state index in [9.17, 15) is 9.90 Å². The van der Waals surface area contributed by atoms with E-state index in [4.69, 9.17) is 5.73 Å². The summed E-state index contributed by atoms with van der Waals surface area (Å²) in [6.45, 7) is 4.05. The molecular weight excluding hydrogens is 228 g/mol. The number of nitrogens with two attached hydrogens (primary N) is 1. The second-order valence-electron chi connectivity index (χ2n) is 5.50. The van der Waals surface area contributed by atoms with E-state index in [1.165, 1.54) is 0 Å². The van der Waals surface area contributed by atoms with Crippen molar-refractivity contribution in [2.75, 3.05) is 17.2 Å². The van der Waals surface area contributed by atoms with Crippen molar-refractivity contribution in [3.05, 3.63) is 23.8 Å². The summed E-state index contributed by atoms with van der Waals surface area (Å²) in [6, 6.07) is 5.64. The minimum atomic E-state index is -0.758. The van der Waals surface area contributed by atoms with Gasteiger partial charge in [0.1, 0.15) is 0 Å². The number of fused-ring (bicyclic) bond motifs is 1. The van der Waals surface area contributed by atoms with Gasteiger partial charge in [-0.25, -0.2) is 0 Å². The molecule has 1 aliphatic rings. The third-order valence-electron chi connectivity index (χ3n) is 3.25. The fourth-order valence-electron chi connectivity index (χ4n) is 2.21. The Kier molecular flexibility index (Phi) is 3.30. The minimum Gasteiger partial charge on any atom is -0.399 e. The van der Waals surface area contributed by atoms with Crippen LogP contribution in [0.15, 0.2) is 18.2 Å². The summed E-state index contributed by atoms with van der Waals surface area (Å²) in [5.41, 5.74) is 7.78. The lowest BCUT2D eigenvalue weighted by atomic mass is 9.98. The number of hydrogen-bond acceptors (Lipinski definition) is 3. The zero-order valence-electron chi connectivity index (χ0n) is 10.9. The van der Waals surface area contributed by atoms with E-state index in [-0.39, 0.29) is 5.91 Å². The highest BCUT2D eigenvalue weighted by Gasteiger charge is 2.25. The van der Waals surface area contributed by atoms with Crippen LogP contribution in [0.1, 0.15) is 32.3 Å². The lowest BCUT2D eigenvalue weighted by Crippen LogP contribution is -2.38. The molecule has 18 heavy (non-hydrogen) atoms. The van der Waals surface area contributed by atoms with E-state index in [0.717, 1.165) is 23.4 Å². The van der Waals surface area contributed by atoms with Gasteiger partial charge in [0.2, 0.25) is 5.91 Å². The van der Waals surface area contributed by atoms with E-state index in [1.54, 1.807) is 18.7 Å². The van der Waals surface area contributed by atoms with Crippen LogP contribution >= 0.6 is 0 Å². The number of nitrogen functional groups attached to an aromatic ring is 1. The Morgan fingerprint density at radius 2 is 2.11 bits per heavy atom. The first-order valence-corrected chi connectivity index (χ1v) is 6.28. The average Bonchev–Trinajstić information content (AvgIpc) is 2.26. The molecule has 0 aromatic heterocycles. The van der Waals surface area contributed by atoms with Crippen molar-refractivity contribution in [1.82, 2.24) is 0 Å². The number of carbonyl (C=O) groups is 1. The summed E-state index contributed by atoms with van der Waals surface area (Å²) < 4.78 is 0. The number of anilines is 2. The minimum absolute atomic E-state index is 0.122. The summed E-state index contributed by atoms with van der Waals surface area (Å²) in [4.78, 5) is 13.7. The molecule has 0 spiro atoms. The number of nitrogens with zero attached hydrogens (tertiary/aromatic N) is 1. The summed E-state index contributed by atoms with van der Waals surface area (Å²) in [5.74, 6) is 0.122. The van der Waals surface area contributed by atoms with Gasteiger partial charge in [-0.2, -0.15) is 0 Å². The molecule has 2 rings (SSSR count). The lowest BCUT2D eigenvalue weighted by molar-refractivity contribution is -0.119. The molecule has 0 saturated carbocycles. The van der Waals surface area contributed by atoms with Crippen molar-refractivity contribution in [3.8, 4) is 0 Å². The Balaban J connectivity index is 2.23. The predicted octanol–water partition coefficient (Wildman–Crippen LogP) is 1.71. The van der Waals surface area contributed by atoms with Crippen molar-refractivity contribution >= 4 is 17.3 Å². The van der Waals surface area contributed by atoms with Gasteiger partial charge in [0.15, 0.2) is 0 Å². The van der Waals surface area contributed by atoms with Crippen molar-refractivity contribution in [2.45, 2.75) is 38.7 Å². The van der Waals surface area contributed by atoms with Crippen molar-refractivity contribution in [3.63, 3.8) is 0 Å². The second-order valence-corrected chi connectivity index (χ2v) is 5.50. The molecule has 1 amide bonds. The Morgan fingerprint density at radius 1 is 1.39 bits per heavy atom. The Hall–Kier alpha value is -1.55. The van der Waals surface area contributed by atoms with Crippen molar-refractivity contribution in [2.24, 2.45) is 0 Å². The Bertz CT molecular complexity index is 463. The number of rotatable bonds is 3. The van der Waals surface area contributed by atoms with Gasteiger partial charge in [0, 0.05) is 24.3 Å². The van der Waals surface area contributed by atoms with Crippen LogP contribution in [0.25, 0.3) is 0 Å². The van der Waals surface area contributed by atoms with Gasteiger partial charge >= 0.3 is 0 Å². The van der Waals surface area contributed by atoms with Crippen LogP contribution in [0, 0.1) is 0 Å². The van der Waals surface area contributed by atoms with E-state index >= 15 is 0 Å². The maximum Gasteiger partial charge on any atom is 0.227 e. The van der Waals surface area contributed by atoms with Crippen molar-refractivity contribution < 1.29 is 9.90 Å². The molecule has 0 fully saturated rings. The fourth-order valence-corrected chi connectivity index (χ4v) is 2.21. The van der Waals surface area contributed by atoms with Gasteiger partial charge in [0.05, 0.1) is 5.60 Å². The quantitative estimate of drug-likeness (QED) is 0.800. The molecule has 0 saturated heterocycles. The monoisotopic (exact) mass is 248 g/mol. The number of carbonyl (C=O) groups excluding carboxylic acids is 1. The largest absolute Gasteiger partial charge is 0.399 e. The molecule has 1 aromatic rings.